The van der Waals surface area contributed by atoms with E-state index in [-0.39, 0.29) is 11.8 Å². The third kappa shape index (κ3) is 3.43. The lowest BCUT2D eigenvalue weighted by molar-refractivity contribution is -0.120. The number of likely N-dealkylation sites (tertiary alicyclic amines) is 1. The van der Waals surface area contributed by atoms with Gasteiger partial charge in [-0.05, 0) is 49.1 Å². The zero-order valence-electron chi connectivity index (χ0n) is 17.6. The lowest BCUT2D eigenvalue weighted by atomic mass is 9.97. The van der Waals surface area contributed by atoms with Crippen molar-refractivity contribution in [1.82, 2.24) is 4.90 Å². The Kier molecular flexibility index (Phi) is 5.48. The largest absolute Gasteiger partial charge is 0.497 e. The van der Waals surface area contributed by atoms with Gasteiger partial charge >= 0.3 is 0 Å². The third-order valence-corrected chi connectivity index (χ3v) is 5.87. The summed E-state index contributed by atoms with van der Waals surface area (Å²) in [6.45, 7) is 3.73. The van der Waals surface area contributed by atoms with Gasteiger partial charge < -0.3 is 14.4 Å². The monoisotopic (exact) mass is 406 g/mol. The maximum Gasteiger partial charge on any atom is 0.282 e. The highest BCUT2D eigenvalue weighted by Gasteiger charge is 2.43. The first-order valence-electron chi connectivity index (χ1n) is 10.2. The molecule has 2 aromatic rings. The molecule has 1 saturated heterocycles. The maximum atomic E-state index is 13.6. The summed E-state index contributed by atoms with van der Waals surface area (Å²) in [4.78, 5) is 30.5. The van der Waals surface area contributed by atoms with E-state index in [1.165, 1.54) is 4.90 Å². The molecule has 0 spiro atoms. The summed E-state index contributed by atoms with van der Waals surface area (Å²) in [6.07, 6.45) is 1.99. The topological polar surface area (TPSA) is 59.1 Å². The molecule has 2 aliphatic heterocycles. The van der Waals surface area contributed by atoms with Crippen LogP contribution in [-0.4, -0.2) is 44.0 Å². The van der Waals surface area contributed by atoms with Crippen molar-refractivity contribution < 1.29 is 19.1 Å². The van der Waals surface area contributed by atoms with E-state index >= 15 is 0 Å². The fraction of sp³-hybridized carbons (Fsp3) is 0.333. The molecule has 2 amide bonds. The van der Waals surface area contributed by atoms with Crippen molar-refractivity contribution in [3.05, 3.63) is 59.8 Å². The molecule has 0 radical (unpaired) electrons. The van der Waals surface area contributed by atoms with Gasteiger partial charge in [-0.15, -0.1) is 0 Å². The van der Waals surface area contributed by atoms with Crippen LogP contribution in [0.15, 0.2) is 54.2 Å². The van der Waals surface area contributed by atoms with Crippen LogP contribution in [0.5, 0.6) is 11.5 Å². The van der Waals surface area contributed by atoms with E-state index in [9.17, 15) is 9.59 Å². The number of carbonyl (C=O) groups is 2. The number of anilines is 1. The lowest BCUT2D eigenvalue weighted by Crippen LogP contribution is -2.38. The summed E-state index contributed by atoms with van der Waals surface area (Å²) in [6, 6.07) is 14.3. The standard InChI is InChI=1S/C24H26N2O4/c1-16-12-14-25(15-13-16)22-21(19-6-4-5-7-20(19)30-3)23(27)26(24(22)28)17-8-10-18(29-2)11-9-17/h4-11,16H,12-15H2,1-3H3. The number of ether oxygens (including phenoxy) is 2. The predicted octanol–water partition coefficient (Wildman–Crippen LogP) is 3.72. The van der Waals surface area contributed by atoms with E-state index in [4.69, 9.17) is 9.47 Å². The number of hydrogen-bond acceptors (Lipinski definition) is 5. The summed E-state index contributed by atoms with van der Waals surface area (Å²) in [5.41, 5.74) is 2.04. The van der Waals surface area contributed by atoms with Crippen molar-refractivity contribution in [2.24, 2.45) is 5.92 Å². The van der Waals surface area contributed by atoms with Gasteiger partial charge in [-0.1, -0.05) is 25.1 Å². The summed E-state index contributed by atoms with van der Waals surface area (Å²) in [7, 11) is 3.15. The van der Waals surface area contributed by atoms with E-state index in [1.807, 2.05) is 24.3 Å². The Hall–Kier alpha value is -3.28. The summed E-state index contributed by atoms with van der Waals surface area (Å²) in [5, 5.41) is 0. The van der Waals surface area contributed by atoms with Gasteiger partial charge in [0.15, 0.2) is 0 Å². The third-order valence-electron chi connectivity index (χ3n) is 5.87. The molecule has 6 nitrogen and oxygen atoms in total. The molecule has 1 fully saturated rings. The van der Waals surface area contributed by atoms with Crippen LogP contribution in [-0.2, 0) is 9.59 Å². The minimum atomic E-state index is -0.330. The first-order valence-corrected chi connectivity index (χ1v) is 10.2. The molecule has 2 aliphatic rings. The first kappa shape index (κ1) is 20.0. The van der Waals surface area contributed by atoms with E-state index in [0.717, 1.165) is 25.9 Å². The number of para-hydroxylation sites is 1. The van der Waals surface area contributed by atoms with Gasteiger partial charge in [0.05, 0.1) is 25.5 Å². The smallest absolute Gasteiger partial charge is 0.282 e. The molecule has 4 rings (SSSR count). The number of piperidine rings is 1. The lowest BCUT2D eigenvalue weighted by Gasteiger charge is -2.32. The fourth-order valence-corrected chi connectivity index (χ4v) is 4.10. The van der Waals surface area contributed by atoms with Crippen LogP contribution >= 0.6 is 0 Å². The Bertz CT molecular complexity index is 989. The molecule has 6 heteroatoms. The van der Waals surface area contributed by atoms with Crippen molar-refractivity contribution in [2.45, 2.75) is 19.8 Å². The molecule has 0 saturated carbocycles. The molecule has 2 aromatic carbocycles. The summed E-state index contributed by atoms with van der Waals surface area (Å²) >= 11 is 0. The molecular weight excluding hydrogens is 380 g/mol. The number of methoxy groups -OCH3 is 2. The molecule has 156 valence electrons. The molecule has 0 bridgehead atoms. The van der Waals surface area contributed by atoms with Crippen molar-refractivity contribution in [3.8, 4) is 11.5 Å². The second kappa shape index (κ2) is 8.22. The number of carbonyl (C=O) groups excluding carboxylic acids is 2. The second-order valence-electron chi connectivity index (χ2n) is 7.74. The van der Waals surface area contributed by atoms with Crippen LogP contribution in [0.2, 0.25) is 0 Å². The number of nitrogens with zero attached hydrogens (tertiary/aromatic N) is 2. The Morgan fingerprint density at radius 2 is 1.53 bits per heavy atom. The van der Waals surface area contributed by atoms with E-state index in [1.54, 1.807) is 38.5 Å². The van der Waals surface area contributed by atoms with E-state index in [2.05, 4.69) is 11.8 Å². The van der Waals surface area contributed by atoms with Crippen molar-refractivity contribution in [2.75, 3.05) is 32.2 Å². The number of rotatable bonds is 5. The first-order chi connectivity index (χ1) is 14.5. The second-order valence-corrected chi connectivity index (χ2v) is 7.74. The Balaban J connectivity index is 1.82. The normalized spacial score (nSPS) is 17.7. The fourth-order valence-electron chi connectivity index (χ4n) is 4.10. The summed E-state index contributed by atoms with van der Waals surface area (Å²) < 4.78 is 10.7. The van der Waals surface area contributed by atoms with Gasteiger partial charge in [0.1, 0.15) is 17.2 Å². The average Bonchev–Trinajstić information content (AvgIpc) is 3.04. The minimum Gasteiger partial charge on any atom is -0.497 e. The zero-order valence-corrected chi connectivity index (χ0v) is 17.6. The molecule has 0 aromatic heterocycles. The molecule has 0 atom stereocenters. The Morgan fingerprint density at radius 1 is 0.867 bits per heavy atom. The molecule has 0 unspecified atom stereocenters. The van der Waals surface area contributed by atoms with E-state index in [0.29, 0.717) is 39.9 Å². The van der Waals surface area contributed by atoms with Crippen LogP contribution < -0.4 is 14.4 Å². The predicted molar refractivity (Wildman–Crippen MR) is 115 cm³/mol. The Labute approximate surface area is 176 Å². The SMILES string of the molecule is COc1ccc(N2C(=O)C(c3ccccc3OC)=C(N3CCC(C)CC3)C2=O)cc1. The molecule has 2 heterocycles. The molecular formula is C24H26N2O4. The average molecular weight is 406 g/mol. The summed E-state index contributed by atoms with van der Waals surface area (Å²) in [5.74, 6) is 1.24. The van der Waals surface area contributed by atoms with Crippen molar-refractivity contribution in [1.29, 1.82) is 0 Å². The van der Waals surface area contributed by atoms with Crippen LogP contribution in [0.25, 0.3) is 5.57 Å². The van der Waals surface area contributed by atoms with Crippen molar-refractivity contribution >= 4 is 23.1 Å². The van der Waals surface area contributed by atoms with Gasteiger partial charge in [0.2, 0.25) is 0 Å². The van der Waals surface area contributed by atoms with Gasteiger partial charge in [-0.25, -0.2) is 4.90 Å². The number of benzene rings is 2. The number of amides is 2. The van der Waals surface area contributed by atoms with Crippen LogP contribution in [0.1, 0.15) is 25.3 Å². The highest BCUT2D eigenvalue weighted by atomic mass is 16.5. The van der Waals surface area contributed by atoms with E-state index < -0.39 is 0 Å². The number of imide groups is 1. The molecule has 30 heavy (non-hydrogen) atoms. The minimum absolute atomic E-state index is 0.291. The van der Waals surface area contributed by atoms with Gasteiger partial charge in [-0.3, -0.25) is 9.59 Å². The van der Waals surface area contributed by atoms with Gasteiger partial charge in [0.25, 0.3) is 11.8 Å². The quantitative estimate of drug-likeness (QED) is 0.709. The van der Waals surface area contributed by atoms with Crippen molar-refractivity contribution in [3.63, 3.8) is 0 Å². The highest BCUT2D eigenvalue weighted by Crippen LogP contribution is 2.39. The van der Waals surface area contributed by atoms with Gasteiger partial charge in [-0.2, -0.15) is 0 Å². The molecule has 0 aliphatic carbocycles. The molecule has 0 N–H and O–H groups in total. The number of hydrogen-bond donors (Lipinski definition) is 0. The van der Waals surface area contributed by atoms with Crippen LogP contribution in [0.3, 0.4) is 0 Å². The zero-order chi connectivity index (χ0) is 21.3. The van der Waals surface area contributed by atoms with Crippen LogP contribution in [0, 0.1) is 5.92 Å². The Morgan fingerprint density at radius 3 is 2.17 bits per heavy atom. The highest BCUT2D eigenvalue weighted by molar-refractivity contribution is 6.45. The maximum absolute atomic E-state index is 13.6. The van der Waals surface area contributed by atoms with Gasteiger partial charge in [0, 0.05) is 18.7 Å². The van der Waals surface area contributed by atoms with Crippen LogP contribution in [0.4, 0.5) is 5.69 Å².